The maximum Gasteiger partial charge on any atom is 0.0510 e. The molecule has 0 spiro atoms. The minimum absolute atomic E-state index is 0.0873. The van der Waals surface area contributed by atoms with Crippen LogP contribution in [0.4, 0.5) is 5.69 Å². The van der Waals surface area contributed by atoms with Crippen molar-refractivity contribution in [2.75, 3.05) is 11.9 Å². The van der Waals surface area contributed by atoms with E-state index in [9.17, 15) is 0 Å². The van der Waals surface area contributed by atoms with Gasteiger partial charge in [-0.2, -0.15) is 0 Å². The van der Waals surface area contributed by atoms with E-state index in [0.29, 0.717) is 6.04 Å². The topological polar surface area (TPSA) is 29.3 Å². The van der Waals surface area contributed by atoms with Gasteiger partial charge in [0.2, 0.25) is 0 Å². The minimum Gasteiger partial charge on any atom is -0.370 e. The van der Waals surface area contributed by atoms with Gasteiger partial charge in [0.05, 0.1) is 5.69 Å². The number of halogens is 1. The molecule has 106 valence electrons. The molecule has 0 heterocycles. The van der Waals surface area contributed by atoms with Gasteiger partial charge in [-0.15, -0.1) is 0 Å². The number of rotatable bonds is 3. The van der Waals surface area contributed by atoms with Gasteiger partial charge >= 0.3 is 0 Å². The van der Waals surface area contributed by atoms with Crippen LogP contribution in [0, 0.1) is 5.92 Å². The smallest absolute Gasteiger partial charge is 0.0510 e. The molecule has 2 rings (SSSR count). The van der Waals surface area contributed by atoms with E-state index < -0.39 is 0 Å². The first kappa shape index (κ1) is 14.9. The Morgan fingerprint density at radius 3 is 2.58 bits per heavy atom. The van der Waals surface area contributed by atoms with Crippen LogP contribution in [0.1, 0.15) is 51.1 Å². The molecule has 0 aromatic heterocycles. The van der Waals surface area contributed by atoms with E-state index in [0.717, 1.165) is 10.4 Å². The lowest BCUT2D eigenvalue weighted by atomic mass is 9.85. The zero-order chi connectivity index (χ0) is 14.0. The molecule has 2 N–H and O–H groups in total. The largest absolute Gasteiger partial charge is 0.370 e. The van der Waals surface area contributed by atoms with Crippen molar-refractivity contribution < 1.29 is 0 Å². The van der Waals surface area contributed by atoms with E-state index in [1.54, 1.807) is 0 Å². The summed E-state index contributed by atoms with van der Waals surface area (Å²) >= 11 is 3.71. The summed E-state index contributed by atoms with van der Waals surface area (Å²) in [7, 11) is 2.22. The molecule has 1 aromatic carbocycles. The van der Waals surface area contributed by atoms with Crippen LogP contribution >= 0.6 is 15.9 Å². The maximum absolute atomic E-state index is 5.94. The highest BCUT2D eigenvalue weighted by Crippen LogP contribution is 2.34. The fourth-order valence-corrected chi connectivity index (χ4v) is 3.82. The lowest BCUT2D eigenvalue weighted by Gasteiger charge is -2.38. The molecule has 3 heteroatoms. The first-order valence-electron chi connectivity index (χ1n) is 7.28. The average Bonchev–Trinajstić information content (AvgIpc) is 2.38. The molecule has 0 radical (unpaired) electrons. The molecule has 3 unspecified atom stereocenters. The van der Waals surface area contributed by atoms with Crippen LogP contribution in [0.15, 0.2) is 22.7 Å². The first-order valence-corrected chi connectivity index (χ1v) is 8.08. The van der Waals surface area contributed by atoms with Crippen molar-refractivity contribution in [3.8, 4) is 0 Å². The van der Waals surface area contributed by atoms with E-state index in [4.69, 9.17) is 5.73 Å². The molecule has 3 atom stereocenters. The van der Waals surface area contributed by atoms with Gasteiger partial charge in [0.1, 0.15) is 0 Å². The van der Waals surface area contributed by atoms with Crippen molar-refractivity contribution in [2.45, 2.75) is 51.6 Å². The van der Waals surface area contributed by atoms with Crippen LogP contribution in [-0.4, -0.2) is 13.1 Å². The summed E-state index contributed by atoms with van der Waals surface area (Å²) in [5.41, 5.74) is 8.40. The third-order valence-electron chi connectivity index (χ3n) is 4.44. The second kappa shape index (κ2) is 6.27. The van der Waals surface area contributed by atoms with Crippen molar-refractivity contribution in [3.05, 3.63) is 28.2 Å². The predicted molar refractivity (Wildman–Crippen MR) is 86.6 cm³/mol. The molecule has 1 aliphatic rings. The van der Waals surface area contributed by atoms with Crippen molar-refractivity contribution in [3.63, 3.8) is 0 Å². The van der Waals surface area contributed by atoms with Gasteiger partial charge in [-0.25, -0.2) is 0 Å². The summed E-state index contributed by atoms with van der Waals surface area (Å²) in [5, 5.41) is 0. The van der Waals surface area contributed by atoms with Gasteiger partial charge in [0.15, 0.2) is 0 Å². The fourth-order valence-electron chi connectivity index (χ4n) is 3.14. The van der Waals surface area contributed by atoms with Crippen molar-refractivity contribution in [1.82, 2.24) is 0 Å². The van der Waals surface area contributed by atoms with Crippen molar-refractivity contribution in [1.29, 1.82) is 0 Å². The van der Waals surface area contributed by atoms with Gasteiger partial charge in [-0.05, 0) is 59.3 Å². The second-order valence-corrected chi connectivity index (χ2v) is 6.79. The van der Waals surface area contributed by atoms with E-state index in [-0.39, 0.29) is 6.04 Å². The van der Waals surface area contributed by atoms with Crippen LogP contribution in [0.5, 0.6) is 0 Å². The third-order valence-corrected chi connectivity index (χ3v) is 5.08. The highest BCUT2D eigenvalue weighted by atomic mass is 79.9. The molecule has 2 nitrogen and oxygen atoms in total. The minimum atomic E-state index is 0.0873. The Kier molecular flexibility index (Phi) is 4.91. The van der Waals surface area contributed by atoms with Crippen LogP contribution in [-0.2, 0) is 0 Å². The van der Waals surface area contributed by atoms with Crippen LogP contribution in [0.25, 0.3) is 0 Å². The number of anilines is 1. The molecule has 0 amide bonds. The van der Waals surface area contributed by atoms with Crippen molar-refractivity contribution >= 4 is 21.6 Å². The fraction of sp³-hybridized carbons (Fsp3) is 0.625. The quantitative estimate of drug-likeness (QED) is 0.887. The van der Waals surface area contributed by atoms with Gasteiger partial charge in [0, 0.05) is 23.6 Å². The molecule has 0 aliphatic heterocycles. The molecule has 19 heavy (non-hydrogen) atoms. The lowest BCUT2D eigenvalue weighted by molar-refractivity contribution is 0.321. The first-order chi connectivity index (χ1) is 9.00. The Morgan fingerprint density at radius 1 is 1.32 bits per heavy atom. The van der Waals surface area contributed by atoms with Gasteiger partial charge in [-0.1, -0.05) is 25.8 Å². The van der Waals surface area contributed by atoms with E-state index in [1.807, 2.05) is 6.92 Å². The Balaban J connectivity index is 2.21. The van der Waals surface area contributed by atoms with Crippen molar-refractivity contribution in [2.24, 2.45) is 11.7 Å². The maximum atomic E-state index is 5.94. The SMILES string of the molecule is CC(N)c1ccc(N(C)C2CCCCC2C)c(Br)c1. The summed E-state index contributed by atoms with van der Waals surface area (Å²) in [4.78, 5) is 2.44. The molecule has 1 fully saturated rings. The van der Waals surface area contributed by atoms with E-state index >= 15 is 0 Å². The Hall–Kier alpha value is -0.540. The molecule has 0 bridgehead atoms. The highest BCUT2D eigenvalue weighted by Gasteiger charge is 2.26. The summed E-state index contributed by atoms with van der Waals surface area (Å²) < 4.78 is 1.16. The van der Waals surface area contributed by atoms with Crippen LogP contribution in [0.3, 0.4) is 0 Å². The number of hydrogen-bond donors (Lipinski definition) is 1. The summed E-state index contributed by atoms with van der Waals surface area (Å²) in [6.07, 6.45) is 5.40. The average molecular weight is 325 g/mol. The molecular formula is C16H25BrN2. The highest BCUT2D eigenvalue weighted by molar-refractivity contribution is 9.10. The number of nitrogens with zero attached hydrogens (tertiary/aromatic N) is 1. The summed E-state index contributed by atoms with van der Waals surface area (Å²) in [6.45, 7) is 4.40. The molecule has 1 aliphatic carbocycles. The Morgan fingerprint density at radius 2 is 2.00 bits per heavy atom. The summed E-state index contributed by atoms with van der Waals surface area (Å²) in [5.74, 6) is 0.777. The lowest BCUT2D eigenvalue weighted by Crippen LogP contribution is -2.39. The van der Waals surface area contributed by atoms with E-state index in [2.05, 4.69) is 53.0 Å². The zero-order valence-corrected chi connectivity index (χ0v) is 13.8. The second-order valence-electron chi connectivity index (χ2n) is 5.94. The molecule has 1 saturated carbocycles. The Labute approximate surface area is 125 Å². The summed E-state index contributed by atoms with van der Waals surface area (Å²) in [6, 6.07) is 7.25. The van der Waals surface area contributed by atoms with Crippen LogP contribution < -0.4 is 10.6 Å². The molecule has 1 aromatic rings. The van der Waals surface area contributed by atoms with E-state index in [1.165, 1.54) is 36.9 Å². The monoisotopic (exact) mass is 324 g/mol. The van der Waals surface area contributed by atoms with Gasteiger partial charge in [-0.3, -0.25) is 0 Å². The molecular weight excluding hydrogens is 300 g/mol. The Bertz CT molecular complexity index is 431. The molecule has 0 saturated heterocycles. The van der Waals surface area contributed by atoms with Crippen LogP contribution in [0.2, 0.25) is 0 Å². The number of nitrogens with two attached hydrogens (primary N) is 1. The standard InChI is InChI=1S/C16H25BrN2/c1-11-6-4-5-7-15(11)19(3)16-9-8-13(12(2)18)10-14(16)17/h8-12,15H,4-7,18H2,1-3H3. The number of hydrogen-bond acceptors (Lipinski definition) is 2. The normalized spacial score (nSPS) is 25.1. The number of benzene rings is 1. The van der Waals surface area contributed by atoms with Gasteiger partial charge < -0.3 is 10.6 Å². The third kappa shape index (κ3) is 3.32. The van der Waals surface area contributed by atoms with Gasteiger partial charge in [0.25, 0.3) is 0 Å². The zero-order valence-electron chi connectivity index (χ0n) is 12.2. The predicted octanol–water partition coefficient (Wildman–Crippen LogP) is 4.48.